The fourth-order valence-electron chi connectivity index (χ4n) is 1.92. The largest absolute Gasteiger partial charge is 0.329 e. The van der Waals surface area contributed by atoms with E-state index in [0.717, 1.165) is 10.9 Å². The van der Waals surface area contributed by atoms with E-state index in [2.05, 4.69) is 9.97 Å². The monoisotopic (exact) mass is 306 g/mol. The zero-order chi connectivity index (χ0) is 15.4. The average Bonchev–Trinajstić information content (AvgIpc) is 2.82. The summed E-state index contributed by atoms with van der Waals surface area (Å²) >= 11 is 1.53. The lowest BCUT2D eigenvalue weighted by atomic mass is 10.4. The van der Waals surface area contributed by atoms with Gasteiger partial charge in [0.25, 0.3) is 5.56 Å². The number of imidazole rings is 1. The van der Waals surface area contributed by atoms with Crippen molar-refractivity contribution in [1.29, 1.82) is 0 Å². The van der Waals surface area contributed by atoms with Crippen LogP contribution in [-0.2, 0) is 13.6 Å². The van der Waals surface area contributed by atoms with Gasteiger partial charge in [-0.05, 0) is 13.8 Å². The van der Waals surface area contributed by atoms with Crippen LogP contribution in [0.4, 0.5) is 0 Å². The smallest absolute Gasteiger partial charge is 0.309 e. The number of aromatic amines is 1. The third-order valence-electron chi connectivity index (χ3n) is 3.04. The molecule has 2 aromatic heterocycles. The molecule has 0 atom stereocenters. The second-order valence-corrected chi connectivity index (χ2v) is 5.43. The molecule has 0 amide bonds. The van der Waals surface area contributed by atoms with Crippen molar-refractivity contribution in [2.24, 2.45) is 7.05 Å². The summed E-state index contributed by atoms with van der Waals surface area (Å²) in [6.45, 7) is 4.43. The first-order valence-electron chi connectivity index (χ1n) is 6.64. The normalized spacial score (nSPS) is 12.1. The third-order valence-corrected chi connectivity index (χ3v) is 3.97. The van der Waals surface area contributed by atoms with Crippen molar-refractivity contribution in [2.45, 2.75) is 25.5 Å². The van der Waals surface area contributed by atoms with Crippen molar-refractivity contribution in [1.82, 2.24) is 19.1 Å². The number of rotatable bonds is 5. The minimum atomic E-state index is -0.451. The number of hydrogen-bond donors (Lipinski definition) is 1. The van der Waals surface area contributed by atoms with Crippen molar-refractivity contribution in [2.75, 3.05) is 5.75 Å². The molecule has 2 aromatic rings. The highest BCUT2D eigenvalue weighted by molar-refractivity contribution is 7.99. The van der Waals surface area contributed by atoms with Crippen LogP contribution in [0.3, 0.4) is 0 Å². The van der Waals surface area contributed by atoms with Gasteiger partial charge >= 0.3 is 5.69 Å². The Morgan fingerprint density at radius 3 is 2.62 bits per heavy atom. The lowest BCUT2D eigenvalue weighted by Gasteiger charge is -2.04. The molecule has 2 heterocycles. The third kappa shape index (κ3) is 3.02. The van der Waals surface area contributed by atoms with E-state index in [1.165, 1.54) is 16.3 Å². The Kier molecular flexibility index (Phi) is 4.85. The van der Waals surface area contributed by atoms with Crippen LogP contribution in [0.1, 0.15) is 13.8 Å². The predicted molar refractivity (Wildman–Crippen MR) is 85.9 cm³/mol. The molecular weight excluding hydrogens is 288 g/mol. The molecule has 0 saturated heterocycles. The van der Waals surface area contributed by atoms with Gasteiger partial charge in [-0.15, -0.1) is 0 Å². The first-order valence-corrected chi connectivity index (χ1v) is 7.63. The average molecular weight is 306 g/mol. The Balaban J connectivity index is 2.66. The van der Waals surface area contributed by atoms with E-state index in [9.17, 15) is 9.59 Å². The summed E-state index contributed by atoms with van der Waals surface area (Å²) in [6.07, 6.45) is 7.86. The van der Waals surface area contributed by atoms with Crippen molar-refractivity contribution >= 4 is 22.9 Å². The number of thioether (sulfide) groups is 1. The van der Waals surface area contributed by atoms with Crippen molar-refractivity contribution in [3.05, 3.63) is 45.1 Å². The van der Waals surface area contributed by atoms with Crippen LogP contribution in [0, 0.1) is 0 Å². The Bertz CT molecular complexity index is 811. The number of nitrogens with one attached hydrogen (secondary N) is 1. The number of H-pyrrole nitrogens is 1. The zero-order valence-electron chi connectivity index (χ0n) is 12.3. The molecule has 112 valence electrons. The highest BCUT2D eigenvalue weighted by Crippen LogP contribution is 2.21. The predicted octanol–water partition coefficient (Wildman–Crippen LogP) is 1.67. The van der Waals surface area contributed by atoms with Gasteiger partial charge < -0.3 is 4.57 Å². The quantitative estimate of drug-likeness (QED) is 0.673. The lowest BCUT2D eigenvalue weighted by molar-refractivity contribution is 0.744. The summed E-state index contributed by atoms with van der Waals surface area (Å²) in [6, 6.07) is 0. The summed E-state index contributed by atoms with van der Waals surface area (Å²) in [5, 5.41) is 0.730. The molecule has 0 fully saturated rings. The summed E-state index contributed by atoms with van der Waals surface area (Å²) in [7, 11) is 1.61. The number of aryl methyl sites for hydroxylation is 1. The van der Waals surface area contributed by atoms with Gasteiger partial charge in [-0.2, -0.15) is 0 Å². The second-order valence-electron chi connectivity index (χ2n) is 4.44. The molecule has 0 radical (unpaired) electrons. The number of allylic oxidation sites excluding steroid dienone is 3. The van der Waals surface area contributed by atoms with E-state index in [-0.39, 0.29) is 0 Å². The minimum Gasteiger partial charge on any atom is -0.309 e. The van der Waals surface area contributed by atoms with Crippen LogP contribution in [0.5, 0.6) is 0 Å². The lowest BCUT2D eigenvalue weighted by Crippen LogP contribution is -2.29. The molecular formula is C14H18N4O2S. The molecule has 21 heavy (non-hydrogen) atoms. The maximum Gasteiger partial charge on any atom is 0.329 e. The first kappa shape index (κ1) is 15.4. The van der Waals surface area contributed by atoms with Crippen molar-refractivity contribution < 1.29 is 0 Å². The molecule has 0 aromatic carbocycles. The van der Waals surface area contributed by atoms with Crippen LogP contribution in [-0.4, -0.2) is 24.9 Å². The van der Waals surface area contributed by atoms with Crippen LogP contribution < -0.4 is 11.2 Å². The number of nitrogens with zero attached hydrogens (tertiary/aromatic N) is 3. The second kappa shape index (κ2) is 6.62. The fourth-order valence-corrected chi connectivity index (χ4v) is 2.83. The maximum absolute atomic E-state index is 12.1. The number of hydrogen-bond acceptors (Lipinski definition) is 4. The van der Waals surface area contributed by atoms with Gasteiger partial charge in [0.1, 0.15) is 0 Å². The van der Waals surface area contributed by atoms with Crippen LogP contribution in [0.25, 0.3) is 11.2 Å². The van der Waals surface area contributed by atoms with E-state index in [4.69, 9.17) is 0 Å². The van der Waals surface area contributed by atoms with E-state index >= 15 is 0 Å². The van der Waals surface area contributed by atoms with E-state index in [1.54, 1.807) is 7.05 Å². The molecule has 0 spiro atoms. The first-order chi connectivity index (χ1) is 10.1. The molecule has 0 aliphatic heterocycles. The van der Waals surface area contributed by atoms with Crippen molar-refractivity contribution in [3.8, 4) is 0 Å². The highest BCUT2D eigenvalue weighted by atomic mass is 32.2. The van der Waals surface area contributed by atoms with E-state index < -0.39 is 11.2 Å². The molecule has 2 rings (SSSR count). The Morgan fingerprint density at radius 1 is 1.24 bits per heavy atom. The maximum atomic E-state index is 12.1. The van der Waals surface area contributed by atoms with Crippen molar-refractivity contribution in [3.63, 3.8) is 0 Å². The molecule has 0 saturated carbocycles. The van der Waals surface area contributed by atoms with Gasteiger partial charge in [0, 0.05) is 19.3 Å². The summed E-state index contributed by atoms with van der Waals surface area (Å²) in [4.78, 5) is 30.6. The molecule has 0 aliphatic rings. The Morgan fingerprint density at radius 2 is 1.95 bits per heavy atom. The standard InChI is InChI=1S/C14H18N4O2S/c1-4-6-8-18-10-11(15-14(18)21-9-7-5-2)17(3)13(20)16-12(10)19/h4-7H,8-9H2,1-3H3,(H,16,19,20)/b6-4+,7-5-. The molecule has 0 aliphatic carbocycles. The SMILES string of the molecule is C/C=C\CSc1nc2c(c(=O)[nH]c(=O)n2C)n1C/C=C/C. The summed E-state index contributed by atoms with van der Waals surface area (Å²) < 4.78 is 3.20. The number of aromatic nitrogens is 4. The molecule has 6 nitrogen and oxygen atoms in total. The van der Waals surface area contributed by atoms with Gasteiger partial charge in [-0.3, -0.25) is 14.3 Å². The summed E-state index contributed by atoms with van der Waals surface area (Å²) in [5.41, 5.74) is -0.00872. The van der Waals surface area contributed by atoms with Crippen LogP contribution in [0.15, 0.2) is 39.0 Å². The van der Waals surface area contributed by atoms with E-state index in [0.29, 0.717) is 17.7 Å². The van der Waals surface area contributed by atoms with E-state index in [1.807, 2.05) is 42.7 Å². The Hall–Kier alpha value is -2.02. The minimum absolute atomic E-state index is 0.400. The topological polar surface area (TPSA) is 72.7 Å². The van der Waals surface area contributed by atoms with Gasteiger partial charge in [-0.1, -0.05) is 36.1 Å². The Labute approximate surface area is 126 Å². The van der Waals surface area contributed by atoms with Gasteiger partial charge in [0.2, 0.25) is 0 Å². The summed E-state index contributed by atoms with van der Waals surface area (Å²) in [5.74, 6) is 0.765. The zero-order valence-corrected chi connectivity index (χ0v) is 13.1. The molecule has 1 N–H and O–H groups in total. The van der Waals surface area contributed by atoms with Crippen LogP contribution >= 0.6 is 11.8 Å². The number of fused-ring (bicyclic) bond motifs is 1. The highest BCUT2D eigenvalue weighted by Gasteiger charge is 2.16. The van der Waals surface area contributed by atoms with Gasteiger partial charge in [0.15, 0.2) is 16.3 Å². The van der Waals surface area contributed by atoms with Gasteiger partial charge in [0.05, 0.1) is 0 Å². The van der Waals surface area contributed by atoms with Crippen LogP contribution in [0.2, 0.25) is 0 Å². The molecule has 0 unspecified atom stereocenters. The molecule has 0 bridgehead atoms. The fraction of sp³-hybridized carbons (Fsp3) is 0.357. The molecule has 7 heteroatoms. The van der Waals surface area contributed by atoms with Gasteiger partial charge in [-0.25, -0.2) is 9.78 Å².